The number of halogens is 1. The van der Waals surface area contributed by atoms with E-state index in [1.54, 1.807) is 36.4 Å². The zero-order chi connectivity index (χ0) is 33.0. The highest BCUT2D eigenvalue weighted by atomic mass is 35.5. The normalized spacial score (nSPS) is 28.1. The van der Waals surface area contributed by atoms with Gasteiger partial charge >= 0.3 is 6.09 Å². The number of aliphatic hydroxyl groups is 1. The fourth-order valence-electron chi connectivity index (χ4n) is 8.31. The maximum atomic E-state index is 15.2. The Labute approximate surface area is 275 Å². The molecule has 2 aliphatic heterocycles. The van der Waals surface area contributed by atoms with Gasteiger partial charge in [0.25, 0.3) is 0 Å². The minimum absolute atomic E-state index is 0.101. The Balaban J connectivity index is 1.46. The van der Waals surface area contributed by atoms with Gasteiger partial charge in [-0.1, -0.05) is 71.8 Å². The van der Waals surface area contributed by atoms with E-state index >= 15 is 4.79 Å². The van der Waals surface area contributed by atoms with Crippen LogP contribution < -0.4 is 9.64 Å². The van der Waals surface area contributed by atoms with E-state index in [4.69, 9.17) is 21.1 Å². The Morgan fingerprint density at radius 1 is 0.936 bits per heavy atom. The van der Waals surface area contributed by atoms with Crippen molar-refractivity contribution < 1.29 is 38.6 Å². The molecule has 10 nitrogen and oxygen atoms in total. The minimum atomic E-state index is -1.42. The summed E-state index contributed by atoms with van der Waals surface area (Å²) in [6.07, 6.45) is 1.16. The largest absolute Gasteiger partial charge is 0.491 e. The van der Waals surface area contributed by atoms with Crippen LogP contribution in [0.25, 0.3) is 0 Å². The number of hydrogen-bond donors (Lipinski definition) is 1. The third-order valence-electron chi connectivity index (χ3n) is 10.1. The number of aliphatic hydroxyl groups excluding tert-OH is 1. The zero-order valence-corrected chi connectivity index (χ0v) is 26.1. The molecule has 1 N–H and O–H groups in total. The third kappa shape index (κ3) is 4.53. The van der Waals surface area contributed by atoms with Crippen molar-refractivity contribution in [3.8, 4) is 5.75 Å². The molecule has 0 bridgehead atoms. The van der Waals surface area contributed by atoms with Crippen LogP contribution in [-0.4, -0.2) is 60.1 Å². The van der Waals surface area contributed by atoms with Crippen molar-refractivity contribution in [2.45, 2.75) is 24.2 Å². The van der Waals surface area contributed by atoms with Gasteiger partial charge in [-0.3, -0.25) is 19.2 Å². The summed E-state index contributed by atoms with van der Waals surface area (Å²) in [5, 5.41) is 9.61. The number of amides is 5. The first-order chi connectivity index (χ1) is 22.7. The average Bonchev–Trinajstić information content (AvgIpc) is 3.48. The Morgan fingerprint density at radius 2 is 1.68 bits per heavy atom. The van der Waals surface area contributed by atoms with Gasteiger partial charge in [-0.15, -0.1) is 0 Å². The van der Waals surface area contributed by atoms with Crippen LogP contribution in [0.5, 0.6) is 5.75 Å². The predicted molar refractivity (Wildman–Crippen MR) is 169 cm³/mol. The summed E-state index contributed by atoms with van der Waals surface area (Å²) in [6.45, 7) is -0.0604. The van der Waals surface area contributed by atoms with Crippen LogP contribution in [0.1, 0.15) is 29.9 Å². The fourth-order valence-corrected chi connectivity index (χ4v) is 8.49. The summed E-state index contributed by atoms with van der Waals surface area (Å²) in [7, 11) is 1.11. The van der Waals surface area contributed by atoms with Crippen molar-refractivity contribution >= 4 is 47.0 Å². The molecule has 3 aromatic rings. The standard InChI is InChI=1S/C36H31ClN2O8/c1-46-35(45)39-31(41)26-15-14-25-27(29(26)33(39)43)19-28-32(42)38(23-9-5-8-22(37)18-23)34(44)36(28,21-6-3-2-4-7-21)30(25)20-10-12-24(13-11-20)47-17-16-40/h2-14,18,26-30,40H,15-17,19H2,1H3. The van der Waals surface area contributed by atoms with Crippen LogP contribution in [0, 0.1) is 23.7 Å². The lowest BCUT2D eigenvalue weighted by atomic mass is 9.49. The van der Waals surface area contributed by atoms with Gasteiger partial charge in [0, 0.05) is 10.9 Å². The number of carbonyl (C=O) groups is 5. The Kier molecular flexibility index (Phi) is 7.72. The summed E-state index contributed by atoms with van der Waals surface area (Å²) in [5.74, 6) is -5.61. The van der Waals surface area contributed by atoms with Crippen LogP contribution in [0.3, 0.4) is 0 Å². The maximum Gasteiger partial charge on any atom is 0.423 e. The van der Waals surface area contributed by atoms with E-state index in [0.29, 0.717) is 32.5 Å². The number of methoxy groups -OCH3 is 1. The molecule has 0 radical (unpaired) electrons. The molecule has 1 saturated carbocycles. The van der Waals surface area contributed by atoms with Gasteiger partial charge in [0.2, 0.25) is 23.6 Å². The molecule has 6 unspecified atom stereocenters. The number of benzene rings is 3. The van der Waals surface area contributed by atoms with Gasteiger partial charge in [-0.25, -0.2) is 9.69 Å². The highest BCUT2D eigenvalue weighted by Crippen LogP contribution is 2.64. The number of likely N-dealkylation sites (tertiary alicyclic amines) is 1. The first-order valence-corrected chi connectivity index (χ1v) is 15.8. The van der Waals surface area contributed by atoms with E-state index in [-0.39, 0.29) is 26.1 Å². The number of fused-ring (bicyclic) bond motifs is 4. The van der Waals surface area contributed by atoms with E-state index in [1.807, 2.05) is 48.5 Å². The van der Waals surface area contributed by atoms with Gasteiger partial charge in [-0.2, -0.15) is 4.90 Å². The van der Waals surface area contributed by atoms with Crippen LogP contribution >= 0.6 is 11.6 Å². The molecule has 0 spiro atoms. The van der Waals surface area contributed by atoms with Crippen LogP contribution in [0.4, 0.5) is 10.5 Å². The van der Waals surface area contributed by atoms with E-state index in [0.717, 1.165) is 12.7 Å². The second kappa shape index (κ2) is 11.8. The molecule has 5 amide bonds. The van der Waals surface area contributed by atoms with Crippen molar-refractivity contribution in [1.82, 2.24) is 4.90 Å². The molecule has 47 heavy (non-hydrogen) atoms. The van der Waals surface area contributed by atoms with Crippen molar-refractivity contribution in [3.63, 3.8) is 0 Å². The lowest BCUT2D eigenvalue weighted by Crippen LogP contribution is -2.53. The molecule has 240 valence electrons. The van der Waals surface area contributed by atoms with Crippen molar-refractivity contribution in [1.29, 1.82) is 0 Å². The molecule has 11 heteroatoms. The van der Waals surface area contributed by atoms with Crippen molar-refractivity contribution in [2.75, 3.05) is 25.2 Å². The molecule has 7 rings (SSSR count). The van der Waals surface area contributed by atoms with E-state index < -0.39 is 64.7 Å². The van der Waals surface area contributed by atoms with Crippen molar-refractivity contribution in [3.05, 3.63) is 107 Å². The van der Waals surface area contributed by atoms with Gasteiger partial charge in [0.15, 0.2) is 0 Å². The summed E-state index contributed by atoms with van der Waals surface area (Å²) in [6, 6.07) is 22.9. The first kappa shape index (κ1) is 30.8. The summed E-state index contributed by atoms with van der Waals surface area (Å²) in [4.78, 5) is 71.5. The van der Waals surface area contributed by atoms with Gasteiger partial charge in [-0.05, 0) is 60.2 Å². The lowest BCUT2D eigenvalue weighted by molar-refractivity contribution is -0.138. The molecule has 2 aliphatic carbocycles. The summed E-state index contributed by atoms with van der Waals surface area (Å²) >= 11 is 6.34. The third-order valence-corrected chi connectivity index (χ3v) is 10.3. The van der Waals surface area contributed by atoms with Gasteiger partial charge < -0.3 is 14.6 Å². The van der Waals surface area contributed by atoms with E-state index in [9.17, 15) is 24.3 Å². The molecule has 3 fully saturated rings. The highest BCUT2D eigenvalue weighted by molar-refractivity contribution is 6.32. The molecule has 2 saturated heterocycles. The second-order valence-corrected chi connectivity index (χ2v) is 12.7. The molecule has 4 aliphatic rings. The zero-order valence-electron chi connectivity index (χ0n) is 25.4. The number of rotatable bonds is 6. The number of hydrogen-bond acceptors (Lipinski definition) is 8. The number of allylic oxidation sites excluding steroid dienone is 2. The topological polar surface area (TPSA) is 131 Å². The quantitative estimate of drug-likeness (QED) is 0.301. The fraction of sp³-hybridized carbons (Fsp3) is 0.306. The smallest absolute Gasteiger partial charge is 0.423 e. The van der Waals surface area contributed by atoms with Crippen molar-refractivity contribution in [2.24, 2.45) is 23.7 Å². The molecule has 6 atom stereocenters. The van der Waals surface area contributed by atoms with Crippen LogP contribution in [0.2, 0.25) is 5.02 Å². The monoisotopic (exact) mass is 654 g/mol. The van der Waals surface area contributed by atoms with E-state index in [2.05, 4.69) is 0 Å². The summed E-state index contributed by atoms with van der Waals surface area (Å²) < 4.78 is 10.4. The molecular formula is C36H31ClN2O8. The molecular weight excluding hydrogens is 624 g/mol. The number of ether oxygens (including phenoxy) is 2. The number of nitrogens with zero attached hydrogens (tertiary/aromatic N) is 2. The summed E-state index contributed by atoms with van der Waals surface area (Å²) in [5.41, 5.74) is 1.03. The maximum absolute atomic E-state index is 15.2. The SMILES string of the molecule is COC(=O)N1C(=O)C2CC=C3C(CC4C(=O)N(c5cccc(Cl)c5)C(=O)C4(c4ccccc4)C3c3ccc(OCCO)cc3)C2C1=O. The number of imide groups is 4. The van der Waals surface area contributed by atoms with E-state index in [1.165, 1.54) is 4.90 Å². The Hall–Kier alpha value is -4.80. The molecule has 3 aromatic carbocycles. The van der Waals surface area contributed by atoms with Gasteiger partial charge in [0.05, 0.1) is 42.6 Å². The predicted octanol–water partition coefficient (Wildman–Crippen LogP) is 4.64. The average molecular weight is 655 g/mol. The first-order valence-electron chi connectivity index (χ1n) is 15.4. The molecule has 0 aromatic heterocycles. The highest BCUT2D eigenvalue weighted by Gasteiger charge is 2.70. The van der Waals surface area contributed by atoms with Gasteiger partial charge in [0.1, 0.15) is 12.4 Å². The molecule has 2 heterocycles. The van der Waals surface area contributed by atoms with Crippen LogP contribution in [-0.2, 0) is 29.3 Å². The number of anilines is 1. The second-order valence-electron chi connectivity index (χ2n) is 12.2. The Morgan fingerprint density at radius 3 is 2.36 bits per heavy atom. The minimum Gasteiger partial charge on any atom is -0.491 e. The number of carbonyl (C=O) groups excluding carboxylic acids is 5. The Bertz CT molecular complexity index is 1830. The van der Waals surface area contributed by atoms with Crippen LogP contribution in [0.15, 0.2) is 90.5 Å². The lowest BCUT2D eigenvalue weighted by Gasteiger charge is -2.50.